The Morgan fingerprint density at radius 3 is 2.42 bits per heavy atom. The van der Waals surface area contributed by atoms with Crippen LogP contribution in [0.1, 0.15) is 24.0 Å². The number of phenols is 2. The van der Waals surface area contributed by atoms with E-state index < -0.39 is 0 Å². The first kappa shape index (κ1) is 11.9. The maximum absolute atomic E-state index is 9.48. The summed E-state index contributed by atoms with van der Waals surface area (Å²) in [6.45, 7) is 2.03. The normalized spacial score (nSPS) is 21.5. The first-order valence-electron chi connectivity index (χ1n) is 6.41. The number of aromatic hydroxyl groups is 2. The minimum absolute atomic E-state index is 0.0406. The molecule has 0 aromatic heterocycles. The molecule has 1 aliphatic rings. The Hall–Kier alpha value is -2.16. The summed E-state index contributed by atoms with van der Waals surface area (Å²) in [7, 11) is 0. The Morgan fingerprint density at radius 1 is 1.00 bits per heavy atom. The van der Waals surface area contributed by atoms with Crippen molar-refractivity contribution in [3.8, 4) is 17.2 Å². The predicted octanol–water partition coefficient (Wildman–Crippen LogP) is 3.21. The Balaban J connectivity index is 1.93. The number of rotatable bonds is 1. The molecule has 2 unspecified atom stereocenters. The minimum atomic E-state index is 0.0406. The van der Waals surface area contributed by atoms with Crippen LogP contribution in [0.5, 0.6) is 17.2 Å². The summed E-state index contributed by atoms with van der Waals surface area (Å²) in [5, 5.41) is 18.8. The maximum Gasteiger partial charge on any atom is 0.126 e. The van der Waals surface area contributed by atoms with Gasteiger partial charge in [0.15, 0.2) is 0 Å². The van der Waals surface area contributed by atoms with E-state index in [0.717, 1.165) is 23.3 Å². The lowest BCUT2D eigenvalue weighted by atomic mass is 9.85. The second-order valence-electron chi connectivity index (χ2n) is 5.02. The van der Waals surface area contributed by atoms with Gasteiger partial charge in [0.1, 0.15) is 23.4 Å². The van der Waals surface area contributed by atoms with Crippen LogP contribution >= 0.6 is 0 Å². The highest BCUT2D eigenvalue weighted by atomic mass is 16.5. The third-order valence-corrected chi connectivity index (χ3v) is 3.69. The average molecular weight is 256 g/mol. The molecule has 2 aromatic rings. The van der Waals surface area contributed by atoms with Crippen molar-refractivity contribution in [1.29, 1.82) is 0 Å². The standard InChI is InChI=1S/C16H16O3/c1-10-15(11-2-5-13(17)6-3-11)8-12-4-7-14(18)9-16(12)19-10/h2-7,9-10,15,17-18H,8H2,1H3. The number of ether oxygens (including phenoxy) is 1. The molecule has 98 valence electrons. The molecule has 0 amide bonds. The van der Waals surface area contributed by atoms with Gasteiger partial charge >= 0.3 is 0 Å². The van der Waals surface area contributed by atoms with E-state index >= 15 is 0 Å². The van der Waals surface area contributed by atoms with Crippen LogP contribution in [0.4, 0.5) is 0 Å². The summed E-state index contributed by atoms with van der Waals surface area (Å²) in [4.78, 5) is 0. The van der Waals surface area contributed by atoms with Gasteiger partial charge in [-0.3, -0.25) is 0 Å². The molecule has 0 saturated heterocycles. The number of fused-ring (bicyclic) bond motifs is 1. The molecule has 2 N–H and O–H groups in total. The molecule has 1 heterocycles. The van der Waals surface area contributed by atoms with Crippen molar-refractivity contribution in [2.24, 2.45) is 0 Å². The largest absolute Gasteiger partial charge is 0.508 e. The van der Waals surface area contributed by atoms with Crippen LogP contribution in [0, 0.1) is 0 Å². The monoisotopic (exact) mass is 256 g/mol. The zero-order valence-corrected chi connectivity index (χ0v) is 10.7. The molecule has 0 aliphatic carbocycles. The van der Waals surface area contributed by atoms with E-state index in [1.54, 1.807) is 24.3 Å². The fraction of sp³-hybridized carbons (Fsp3) is 0.250. The number of benzene rings is 2. The van der Waals surface area contributed by atoms with Crippen molar-refractivity contribution in [2.75, 3.05) is 0 Å². The predicted molar refractivity (Wildman–Crippen MR) is 72.7 cm³/mol. The van der Waals surface area contributed by atoms with E-state index in [1.807, 2.05) is 25.1 Å². The smallest absolute Gasteiger partial charge is 0.126 e. The second-order valence-corrected chi connectivity index (χ2v) is 5.02. The third kappa shape index (κ3) is 2.24. The van der Waals surface area contributed by atoms with Crippen molar-refractivity contribution in [2.45, 2.75) is 25.4 Å². The molecule has 2 atom stereocenters. The lowest BCUT2D eigenvalue weighted by molar-refractivity contribution is 0.167. The third-order valence-electron chi connectivity index (χ3n) is 3.69. The van der Waals surface area contributed by atoms with Gasteiger partial charge in [0.25, 0.3) is 0 Å². The average Bonchev–Trinajstić information content (AvgIpc) is 2.39. The van der Waals surface area contributed by atoms with Gasteiger partial charge in [-0.25, -0.2) is 0 Å². The molecular weight excluding hydrogens is 240 g/mol. The lowest BCUT2D eigenvalue weighted by Crippen LogP contribution is -2.28. The second kappa shape index (κ2) is 4.50. The topological polar surface area (TPSA) is 49.7 Å². The van der Waals surface area contributed by atoms with Crippen LogP contribution < -0.4 is 4.74 Å². The summed E-state index contributed by atoms with van der Waals surface area (Å²) in [5.41, 5.74) is 2.26. The molecule has 0 fully saturated rings. The maximum atomic E-state index is 9.48. The SMILES string of the molecule is CC1Oc2cc(O)ccc2CC1c1ccc(O)cc1. The van der Waals surface area contributed by atoms with Gasteiger partial charge in [-0.1, -0.05) is 18.2 Å². The Bertz CT molecular complexity index is 589. The zero-order valence-electron chi connectivity index (χ0n) is 10.7. The molecular formula is C16H16O3. The Kier molecular flexibility index (Phi) is 2.82. The quantitative estimate of drug-likeness (QED) is 0.823. The van der Waals surface area contributed by atoms with Crippen molar-refractivity contribution in [1.82, 2.24) is 0 Å². The fourth-order valence-electron chi connectivity index (χ4n) is 2.62. The van der Waals surface area contributed by atoms with Gasteiger partial charge in [0.05, 0.1) is 0 Å². The summed E-state index contributed by atoms with van der Waals surface area (Å²) in [6, 6.07) is 12.5. The highest BCUT2D eigenvalue weighted by molar-refractivity contribution is 5.43. The van der Waals surface area contributed by atoms with Gasteiger partial charge in [-0.2, -0.15) is 0 Å². The van der Waals surface area contributed by atoms with Gasteiger partial charge in [0.2, 0.25) is 0 Å². The van der Waals surface area contributed by atoms with Gasteiger partial charge in [0, 0.05) is 12.0 Å². The molecule has 2 aromatic carbocycles. The van der Waals surface area contributed by atoms with Crippen LogP contribution in [-0.4, -0.2) is 16.3 Å². The Labute approximate surface area is 112 Å². The van der Waals surface area contributed by atoms with E-state index in [9.17, 15) is 10.2 Å². The van der Waals surface area contributed by atoms with Crippen molar-refractivity contribution >= 4 is 0 Å². The highest BCUT2D eigenvalue weighted by Crippen LogP contribution is 2.38. The van der Waals surface area contributed by atoms with Gasteiger partial charge in [-0.15, -0.1) is 0 Å². The van der Waals surface area contributed by atoms with E-state index in [-0.39, 0.29) is 23.5 Å². The molecule has 0 bridgehead atoms. The summed E-state index contributed by atoms with van der Waals surface area (Å²) < 4.78 is 5.89. The molecule has 0 radical (unpaired) electrons. The van der Waals surface area contributed by atoms with Crippen LogP contribution in [0.3, 0.4) is 0 Å². The van der Waals surface area contributed by atoms with Gasteiger partial charge in [-0.05, 0) is 42.7 Å². The van der Waals surface area contributed by atoms with Crippen LogP contribution in [0.2, 0.25) is 0 Å². The van der Waals surface area contributed by atoms with Crippen molar-refractivity contribution in [3.63, 3.8) is 0 Å². The van der Waals surface area contributed by atoms with Gasteiger partial charge < -0.3 is 14.9 Å². The first-order valence-corrected chi connectivity index (χ1v) is 6.41. The van der Waals surface area contributed by atoms with Crippen molar-refractivity contribution < 1.29 is 14.9 Å². The lowest BCUT2D eigenvalue weighted by Gasteiger charge is -2.32. The molecule has 3 rings (SSSR count). The molecule has 0 spiro atoms. The molecule has 0 saturated carbocycles. The number of hydrogen-bond donors (Lipinski definition) is 2. The minimum Gasteiger partial charge on any atom is -0.508 e. The summed E-state index contributed by atoms with van der Waals surface area (Å²) in [5.74, 6) is 1.53. The van der Waals surface area contributed by atoms with Crippen LogP contribution in [0.15, 0.2) is 42.5 Å². The van der Waals surface area contributed by atoms with E-state index in [2.05, 4.69) is 0 Å². The molecule has 3 heteroatoms. The van der Waals surface area contributed by atoms with E-state index in [0.29, 0.717) is 0 Å². The zero-order chi connectivity index (χ0) is 13.4. The van der Waals surface area contributed by atoms with E-state index in [1.165, 1.54) is 0 Å². The number of phenolic OH excluding ortho intramolecular Hbond substituents is 2. The van der Waals surface area contributed by atoms with Crippen LogP contribution in [-0.2, 0) is 6.42 Å². The fourth-order valence-corrected chi connectivity index (χ4v) is 2.62. The molecule has 3 nitrogen and oxygen atoms in total. The molecule has 1 aliphatic heterocycles. The van der Waals surface area contributed by atoms with Crippen LogP contribution in [0.25, 0.3) is 0 Å². The first-order chi connectivity index (χ1) is 9.13. The van der Waals surface area contributed by atoms with E-state index in [4.69, 9.17) is 4.74 Å². The van der Waals surface area contributed by atoms with Crippen molar-refractivity contribution in [3.05, 3.63) is 53.6 Å². The number of hydrogen-bond acceptors (Lipinski definition) is 3. The summed E-state index contributed by atoms with van der Waals surface area (Å²) in [6.07, 6.45) is 0.917. The Morgan fingerprint density at radius 2 is 1.68 bits per heavy atom. The molecule has 19 heavy (non-hydrogen) atoms. The highest BCUT2D eigenvalue weighted by Gasteiger charge is 2.28. The summed E-state index contributed by atoms with van der Waals surface area (Å²) >= 11 is 0.